The number of anilines is 1. The number of rotatable bonds is 3. The summed E-state index contributed by atoms with van der Waals surface area (Å²) < 4.78 is 0. The number of aliphatic hydroxyl groups is 1. The molecule has 6 nitrogen and oxygen atoms in total. The molecule has 0 aliphatic carbocycles. The average molecular weight is 353 g/mol. The summed E-state index contributed by atoms with van der Waals surface area (Å²) in [6.45, 7) is 6.47. The number of pyridine rings is 1. The normalized spacial score (nSPS) is 21.3. The lowest BCUT2D eigenvalue weighted by atomic mass is 10.0. The molecule has 26 heavy (non-hydrogen) atoms. The van der Waals surface area contributed by atoms with E-state index in [1.807, 2.05) is 25.3 Å². The van der Waals surface area contributed by atoms with Crippen molar-refractivity contribution in [3.05, 3.63) is 47.2 Å². The van der Waals surface area contributed by atoms with Crippen molar-refractivity contribution in [3.8, 4) is 0 Å². The molecule has 0 saturated carbocycles. The van der Waals surface area contributed by atoms with E-state index in [0.717, 1.165) is 69.2 Å². The van der Waals surface area contributed by atoms with E-state index in [2.05, 4.69) is 20.9 Å². The second-order valence-corrected chi connectivity index (χ2v) is 7.36. The smallest absolute Gasteiger partial charge is 0.135 e. The van der Waals surface area contributed by atoms with Crippen LogP contribution in [0.1, 0.15) is 35.6 Å². The molecule has 1 saturated heterocycles. The largest absolute Gasteiger partial charge is 0.391 e. The van der Waals surface area contributed by atoms with Crippen LogP contribution in [0.15, 0.2) is 24.4 Å². The van der Waals surface area contributed by atoms with Gasteiger partial charge in [-0.25, -0.2) is 9.97 Å². The molecule has 138 valence electrons. The van der Waals surface area contributed by atoms with Crippen LogP contribution in [0.3, 0.4) is 0 Å². The maximum Gasteiger partial charge on any atom is 0.135 e. The third kappa shape index (κ3) is 3.86. The summed E-state index contributed by atoms with van der Waals surface area (Å²) in [5.41, 5.74) is 3.56. The van der Waals surface area contributed by atoms with E-state index in [0.29, 0.717) is 6.54 Å². The monoisotopic (exact) mass is 353 g/mol. The average Bonchev–Trinajstić information content (AvgIpc) is 2.84. The Morgan fingerprint density at radius 2 is 2.04 bits per heavy atom. The Bertz CT molecular complexity index is 751. The van der Waals surface area contributed by atoms with Crippen LogP contribution in [0.25, 0.3) is 0 Å². The molecular formula is C20H27N5O. The van der Waals surface area contributed by atoms with Crippen LogP contribution in [0.2, 0.25) is 0 Å². The fourth-order valence-corrected chi connectivity index (χ4v) is 4.03. The topological polar surface area (TPSA) is 65.4 Å². The van der Waals surface area contributed by atoms with Gasteiger partial charge in [-0.3, -0.25) is 9.88 Å². The van der Waals surface area contributed by atoms with Crippen molar-refractivity contribution in [3.63, 3.8) is 0 Å². The molecule has 4 rings (SSSR count). The molecule has 1 N–H and O–H groups in total. The van der Waals surface area contributed by atoms with Gasteiger partial charge in [-0.05, 0) is 38.3 Å². The zero-order chi connectivity index (χ0) is 17.9. The first-order valence-corrected chi connectivity index (χ1v) is 9.61. The Balaban J connectivity index is 1.54. The Hall–Kier alpha value is -2.05. The van der Waals surface area contributed by atoms with Crippen molar-refractivity contribution >= 4 is 5.82 Å². The SMILES string of the molecule is Cc1nc2c(c(N3CCC[C@H](O)C3)n1)CCN(Cc1ccccn1)CC2. The standard InChI is InChI=1S/C20H27N5O/c1-15-22-19-8-12-24(13-16-5-2-3-9-21-16)11-7-18(19)20(23-15)25-10-4-6-17(26)14-25/h2-3,5,9,17,26H,4,6-8,10-14H2,1H3/t17-/m0/s1. The minimum absolute atomic E-state index is 0.249. The van der Waals surface area contributed by atoms with Gasteiger partial charge in [-0.2, -0.15) is 0 Å². The Morgan fingerprint density at radius 3 is 2.85 bits per heavy atom. The van der Waals surface area contributed by atoms with E-state index in [1.54, 1.807) is 0 Å². The quantitative estimate of drug-likeness (QED) is 0.907. The zero-order valence-corrected chi connectivity index (χ0v) is 15.4. The predicted molar refractivity (Wildman–Crippen MR) is 101 cm³/mol. The maximum atomic E-state index is 10.1. The first kappa shape index (κ1) is 17.4. The van der Waals surface area contributed by atoms with Gasteiger partial charge >= 0.3 is 0 Å². The van der Waals surface area contributed by atoms with Crippen LogP contribution >= 0.6 is 0 Å². The van der Waals surface area contributed by atoms with E-state index < -0.39 is 0 Å². The molecule has 2 aromatic heterocycles. The summed E-state index contributed by atoms with van der Waals surface area (Å²) in [4.78, 5) is 18.7. The lowest BCUT2D eigenvalue weighted by Gasteiger charge is -2.32. The molecule has 0 amide bonds. The van der Waals surface area contributed by atoms with Gasteiger partial charge in [0.05, 0.1) is 17.5 Å². The van der Waals surface area contributed by atoms with Crippen molar-refractivity contribution in [1.29, 1.82) is 0 Å². The number of aromatic nitrogens is 3. The summed E-state index contributed by atoms with van der Waals surface area (Å²) in [6, 6.07) is 6.09. The van der Waals surface area contributed by atoms with Gasteiger partial charge in [-0.15, -0.1) is 0 Å². The van der Waals surface area contributed by atoms with Gasteiger partial charge in [0.1, 0.15) is 11.6 Å². The minimum atomic E-state index is -0.249. The molecule has 1 atom stereocenters. The molecule has 4 heterocycles. The molecule has 0 unspecified atom stereocenters. The van der Waals surface area contributed by atoms with Crippen LogP contribution in [0, 0.1) is 6.92 Å². The van der Waals surface area contributed by atoms with Crippen molar-refractivity contribution in [2.75, 3.05) is 31.1 Å². The summed E-state index contributed by atoms with van der Waals surface area (Å²) in [5, 5.41) is 10.1. The molecule has 2 aromatic rings. The van der Waals surface area contributed by atoms with Crippen molar-refractivity contribution < 1.29 is 5.11 Å². The van der Waals surface area contributed by atoms with Crippen LogP contribution in [-0.4, -0.2) is 57.2 Å². The van der Waals surface area contributed by atoms with Crippen LogP contribution in [-0.2, 0) is 19.4 Å². The highest BCUT2D eigenvalue weighted by molar-refractivity contribution is 5.50. The zero-order valence-electron chi connectivity index (χ0n) is 15.4. The lowest BCUT2D eigenvalue weighted by molar-refractivity contribution is 0.153. The number of fused-ring (bicyclic) bond motifs is 1. The molecule has 0 bridgehead atoms. The van der Waals surface area contributed by atoms with Gasteiger partial charge in [-0.1, -0.05) is 6.07 Å². The van der Waals surface area contributed by atoms with Crippen LogP contribution in [0.5, 0.6) is 0 Å². The summed E-state index contributed by atoms with van der Waals surface area (Å²) >= 11 is 0. The Kier molecular flexibility index (Phi) is 5.13. The third-order valence-electron chi connectivity index (χ3n) is 5.33. The summed E-state index contributed by atoms with van der Waals surface area (Å²) in [5.74, 6) is 1.88. The van der Waals surface area contributed by atoms with Crippen molar-refractivity contribution in [2.24, 2.45) is 0 Å². The number of aryl methyl sites for hydroxylation is 1. The lowest BCUT2D eigenvalue weighted by Crippen LogP contribution is -2.39. The second kappa shape index (κ2) is 7.68. The highest BCUT2D eigenvalue weighted by atomic mass is 16.3. The molecule has 0 radical (unpaired) electrons. The minimum Gasteiger partial charge on any atom is -0.391 e. The number of nitrogens with zero attached hydrogens (tertiary/aromatic N) is 5. The molecule has 1 fully saturated rings. The van der Waals surface area contributed by atoms with Crippen molar-refractivity contribution in [1.82, 2.24) is 19.9 Å². The third-order valence-corrected chi connectivity index (χ3v) is 5.33. The number of piperidine rings is 1. The van der Waals surface area contributed by atoms with E-state index >= 15 is 0 Å². The van der Waals surface area contributed by atoms with Crippen LogP contribution in [0.4, 0.5) is 5.82 Å². The Morgan fingerprint density at radius 1 is 1.15 bits per heavy atom. The van der Waals surface area contributed by atoms with Crippen LogP contribution < -0.4 is 4.90 Å². The molecule has 6 heteroatoms. The number of β-amino-alcohol motifs (C(OH)–C–C–N with tert-alkyl or cyclic N) is 1. The molecule has 2 aliphatic rings. The molecular weight excluding hydrogens is 326 g/mol. The highest BCUT2D eigenvalue weighted by Gasteiger charge is 2.25. The van der Waals surface area contributed by atoms with Crippen molar-refractivity contribution in [2.45, 2.75) is 45.3 Å². The fraction of sp³-hybridized carbons (Fsp3) is 0.550. The van der Waals surface area contributed by atoms with Gasteiger partial charge < -0.3 is 10.0 Å². The first-order chi connectivity index (χ1) is 12.7. The second-order valence-electron chi connectivity index (χ2n) is 7.36. The number of hydrogen-bond donors (Lipinski definition) is 1. The van der Waals surface area contributed by atoms with Gasteiger partial charge in [0.2, 0.25) is 0 Å². The molecule has 0 aromatic carbocycles. The highest BCUT2D eigenvalue weighted by Crippen LogP contribution is 2.27. The maximum absolute atomic E-state index is 10.1. The number of aliphatic hydroxyl groups excluding tert-OH is 1. The first-order valence-electron chi connectivity index (χ1n) is 9.61. The summed E-state index contributed by atoms with van der Waals surface area (Å²) in [6.07, 6.45) is 5.40. The van der Waals surface area contributed by atoms with Gasteiger partial charge in [0.15, 0.2) is 0 Å². The number of hydrogen-bond acceptors (Lipinski definition) is 6. The van der Waals surface area contributed by atoms with E-state index in [1.165, 1.54) is 11.3 Å². The summed E-state index contributed by atoms with van der Waals surface area (Å²) in [7, 11) is 0. The fourth-order valence-electron chi connectivity index (χ4n) is 4.03. The predicted octanol–water partition coefficient (Wildman–Crippen LogP) is 1.74. The molecule has 0 spiro atoms. The van der Waals surface area contributed by atoms with E-state index in [9.17, 15) is 5.11 Å². The van der Waals surface area contributed by atoms with Gasteiger partial charge in [0, 0.05) is 50.9 Å². The Labute approximate surface area is 154 Å². The van der Waals surface area contributed by atoms with Gasteiger partial charge in [0.25, 0.3) is 0 Å². The van der Waals surface area contributed by atoms with E-state index in [4.69, 9.17) is 9.97 Å². The van der Waals surface area contributed by atoms with E-state index in [-0.39, 0.29) is 6.10 Å². The molecule has 2 aliphatic heterocycles.